The van der Waals surface area contributed by atoms with Crippen LogP contribution in [0.4, 0.5) is 0 Å². The maximum absolute atomic E-state index is 12.2. The number of nitrogens with zero attached hydrogens (tertiary/aromatic N) is 2. The quantitative estimate of drug-likeness (QED) is 0.767. The molecule has 0 spiro atoms. The van der Waals surface area contributed by atoms with Crippen molar-refractivity contribution in [3.8, 4) is 0 Å². The molecule has 2 heterocycles. The standard InChI is InChI=1S/C17H20N4O3/c1-9-13(10(2)22)6-5-12(19-9)8-18-17(24)14-7-15(23)21-16(20-14)11-3-4-11/h5-7,10-11,22H,3-4,8H2,1-2H3,(H,18,24)(H,20,21,23)/t10-/m0/s1. The van der Waals surface area contributed by atoms with Gasteiger partial charge in [0.25, 0.3) is 11.5 Å². The van der Waals surface area contributed by atoms with Gasteiger partial charge in [0.15, 0.2) is 0 Å². The van der Waals surface area contributed by atoms with Gasteiger partial charge in [0.2, 0.25) is 0 Å². The van der Waals surface area contributed by atoms with Crippen LogP contribution in [0.15, 0.2) is 23.0 Å². The van der Waals surface area contributed by atoms with E-state index in [4.69, 9.17) is 0 Å². The number of amides is 1. The molecule has 7 nitrogen and oxygen atoms in total. The zero-order valence-electron chi connectivity index (χ0n) is 13.7. The van der Waals surface area contributed by atoms with Gasteiger partial charge in [-0.25, -0.2) is 4.98 Å². The average Bonchev–Trinajstić information content (AvgIpc) is 3.36. The molecule has 1 aliphatic rings. The molecule has 126 valence electrons. The predicted molar refractivity (Wildman–Crippen MR) is 87.6 cm³/mol. The molecule has 0 aliphatic heterocycles. The minimum absolute atomic E-state index is 0.123. The van der Waals surface area contributed by atoms with Crippen molar-refractivity contribution >= 4 is 5.91 Å². The fraction of sp³-hybridized carbons (Fsp3) is 0.412. The van der Waals surface area contributed by atoms with Gasteiger partial charge < -0.3 is 15.4 Å². The summed E-state index contributed by atoms with van der Waals surface area (Å²) in [5.41, 5.74) is 1.97. The smallest absolute Gasteiger partial charge is 0.270 e. The molecular weight excluding hydrogens is 308 g/mol. The highest BCUT2D eigenvalue weighted by atomic mass is 16.3. The van der Waals surface area contributed by atoms with Crippen LogP contribution < -0.4 is 10.9 Å². The molecule has 1 atom stereocenters. The highest BCUT2D eigenvalue weighted by Gasteiger charge is 2.27. The summed E-state index contributed by atoms with van der Waals surface area (Å²) < 4.78 is 0. The topological polar surface area (TPSA) is 108 Å². The van der Waals surface area contributed by atoms with Gasteiger partial charge in [0.1, 0.15) is 11.5 Å². The Morgan fingerprint density at radius 3 is 2.79 bits per heavy atom. The molecule has 1 saturated carbocycles. The Kier molecular flexibility index (Phi) is 4.44. The number of carbonyl (C=O) groups is 1. The fourth-order valence-corrected chi connectivity index (χ4v) is 2.57. The maximum Gasteiger partial charge on any atom is 0.270 e. The van der Waals surface area contributed by atoms with Crippen LogP contribution in [0, 0.1) is 6.92 Å². The van der Waals surface area contributed by atoms with E-state index in [1.54, 1.807) is 19.1 Å². The van der Waals surface area contributed by atoms with Gasteiger partial charge in [-0.1, -0.05) is 6.07 Å². The summed E-state index contributed by atoms with van der Waals surface area (Å²) in [5.74, 6) is 0.452. The minimum atomic E-state index is -0.581. The lowest BCUT2D eigenvalue weighted by Crippen LogP contribution is -2.27. The van der Waals surface area contributed by atoms with E-state index in [1.165, 1.54) is 6.07 Å². The predicted octanol–water partition coefficient (Wildman–Crippen LogP) is 1.33. The second-order valence-corrected chi connectivity index (χ2v) is 6.13. The van der Waals surface area contributed by atoms with E-state index in [-0.39, 0.29) is 23.7 Å². The van der Waals surface area contributed by atoms with Gasteiger partial charge in [0.05, 0.1) is 18.3 Å². The number of hydrogen-bond acceptors (Lipinski definition) is 5. The van der Waals surface area contributed by atoms with E-state index >= 15 is 0 Å². The largest absolute Gasteiger partial charge is 0.389 e. The zero-order valence-corrected chi connectivity index (χ0v) is 13.7. The number of carbonyl (C=O) groups excluding carboxylic acids is 1. The Morgan fingerprint density at radius 2 is 2.17 bits per heavy atom. The van der Waals surface area contributed by atoms with E-state index in [0.29, 0.717) is 11.5 Å². The summed E-state index contributed by atoms with van der Waals surface area (Å²) in [5, 5.41) is 12.3. The summed E-state index contributed by atoms with van der Waals surface area (Å²) in [6, 6.07) is 4.76. The maximum atomic E-state index is 12.2. The van der Waals surface area contributed by atoms with Gasteiger partial charge in [-0.15, -0.1) is 0 Å². The lowest BCUT2D eigenvalue weighted by Gasteiger charge is -2.10. The van der Waals surface area contributed by atoms with E-state index in [0.717, 1.165) is 24.1 Å². The van der Waals surface area contributed by atoms with Crippen LogP contribution in [-0.2, 0) is 6.54 Å². The third-order valence-corrected chi connectivity index (χ3v) is 4.02. The number of aliphatic hydroxyl groups is 1. The number of hydrogen-bond donors (Lipinski definition) is 3. The van der Waals surface area contributed by atoms with Gasteiger partial charge >= 0.3 is 0 Å². The molecule has 0 aromatic carbocycles. The zero-order chi connectivity index (χ0) is 17.3. The van der Waals surface area contributed by atoms with Crippen LogP contribution in [0.2, 0.25) is 0 Å². The molecular formula is C17H20N4O3. The van der Waals surface area contributed by atoms with E-state index in [2.05, 4.69) is 20.3 Å². The molecule has 1 fully saturated rings. The summed E-state index contributed by atoms with van der Waals surface area (Å²) in [7, 11) is 0. The number of aryl methyl sites for hydroxylation is 1. The van der Waals surface area contributed by atoms with Gasteiger partial charge in [-0.05, 0) is 32.8 Å². The van der Waals surface area contributed by atoms with Crippen LogP contribution in [0.25, 0.3) is 0 Å². The van der Waals surface area contributed by atoms with Crippen molar-refractivity contribution in [2.75, 3.05) is 0 Å². The minimum Gasteiger partial charge on any atom is -0.389 e. The first-order valence-corrected chi connectivity index (χ1v) is 7.98. The Morgan fingerprint density at radius 1 is 1.42 bits per heavy atom. The first-order valence-electron chi connectivity index (χ1n) is 7.98. The van der Waals surface area contributed by atoms with Crippen molar-refractivity contribution in [2.45, 2.75) is 45.3 Å². The molecule has 1 amide bonds. The Balaban J connectivity index is 1.69. The van der Waals surface area contributed by atoms with Crippen molar-refractivity contribution in [3.05, 3.63) is 57.0 Å². The summed E-state index contributed by atoms with van der Waals surface area (Å²) in [6.07, 6.45) is 1.40. The molecule has 1 aliphatic carbocycles. The number of H-pyrrole nitrogens is 1. The van der Waals surface area contributed by atoms with Crippen molar-refractivity contribution in [3.63, 3.8) is 0 Å². The number of pyridine rings is 1. The molecule has 3 N–H and O–H groups in total. The Hall–Kier alpha value is -2.54. The lowest BCUT2D eigenvalue weighted by atomic mass is 10.1. The van der Waals surface area contributed by atoms with Crippen LogP contribution in [0.1, 0.15) is 65.1 Å². The molecule has 7 heteroatoms. The van der Waals surface area contributed by atoms with Crippen molar-refractivity contribution in [1.82, 2.24) is 20.3 Å². The highest BCUT2D eigenvalue weighted by molar-refractivity contribution is 5.92. The summed E-state index contributed by atoms with van der Waals surface area (Å²) in [6.45, 7) is 3.72. The van der Waals surface area contributed by atoms with Gasteiger partial charge in [0, 0.05) is 23.2 Å². The highest BCUT2D eigenvalue weighted by Crippen LogP contribution is 2.37. The second-order valence-electron chi connectivity index (χ2n) is 6.13. The normalized spacial score (nSPS) is 15.1. The second kappa shape index (κ2) is 6.52. The molecule has 0 radical (unpaired) electrons. The molecule has 0 unspecified atom stereocenters. The molecule has 2 aromatic heterocycles. The third kappa shape index (κ3) is 3.68. The number of aromatic nitrogens is 3. The van der Waals surface area contributed by atoms with Crippen LogP contribution in [-0.4, -0.2) is 26.0 Å². The number of aromatic amines is 1. The van der Waals surface area contributed by atoms with Gasteiger partial charge in [-0.2, -0.15) is 0 Å². The summed E-state index contributed by atoms with van der Waals surface area (Å²) >= 11 is 0. The van der Waals surface area contributed by atoms with E-state index < -0.39 is 12.0 Å². The van der Waals surface area contributed by atoms with Crippen molar-refractivity contribution < 1.29 is 9.90 Å². The fourth-order valence-electron chi connectivity index (χ4n) is 2.57. The summed E-state index contributed by atoms with van der Waals surface area (Å²) in [4.78, 5) is 35.2. The van der Waals surface area contributed by atoms with Gasteiger partial charge in [-0.3, -0.25) is 14.6 Å². The number of aliphatic hydroxyl groups excluding tert-OH is 1. The lowest BCUT2D eigenvalue weighted by molar-refractivity contribution is 0.0944. The molecule has 3 rings (SSSR count). The first-order chi connectivity index (χ1) is 11.4. The molecule has 24 heavy (non-hydrogen) atoms. The van der Waals surface area contributed by atoms with Crippen LogP contribution in [0.5, 0.6) is 0 Å². The SMILES string of the molecule is Cc1nc(CNC(=O)c2cc(=O)[nH]c(C3CC3)n2)ccc1[C@H](C)O. The number of nitrogens with one attached hydrogen (secondary N) is 2. The average molecular weight is 328 g/mol. The van der Waals surface area contributed by atoms with Crippen molar-refractivity contribution in [2.24, 2.45) is 0 Å². The molecule has 2 aromatic rings. The number of rotatable bonds is 5. The Bertz CT molecular complexity index is 825. The monoisotopic (exact) mass is 328 g/mol. The molecule has 0 saturated heterocycles. The van der Waals surface area contributed by atoms with Crippen LogP contribution in [0.3, 0.4) is 0 Å². The Labute approximate surface area is 139 Å². The molecule has 0 bridgehead atoms. The van der Waals surface area contributed by atoms with E-state index in [9.17, 15) is 14.7 Å². The van der Waals surface area contributed by atoms with Crippen LogP contribution >= 0.6 is 0 Å². The first kappa shape index (κ1) is 16.3. The van der Waals surface area contributed by atoms with Crippen molar-refractivity contribution in [1.29, 1.82) is 0 Å². The van der Waals surface area contributed by atoms with E-state index in [1.807, 2.05) is 6.92 Å². The third-order valence-electron chi connectivity index (χ3n) is 4.02.